The Morgan fingerprint density at radius 3 is 2.57 bits per heavy atom. The summed E-state index contributed by atoms with van der Waals surface area (Å²) >= 11 is 0. The van der Waals surface area contributed by atoms with Gasteiger partial charge in [-0.05, 0) is 98.6 Å². The van der Waals surface area contributed by atoms with Gasteiger partial charge in [0.25, 0.3) is 0 Å². The van der Waals surface area contributed by atoms with E-state index >= 15 is 0 Å². The Bertz CT molecular complexity index is 1570. The number of nitrogens with one attached hydrogen (secondary N) is 2. The average Bonchev–Trinajstić information content (AvgIpc) is 3.86. The summed E-state index contributed by atoms with van der Waals surface area (Å²) in [5.74, 6) is 0.547. The van der Waals surface area contributed by atoms with Gasteiger partial charge in [-0.1, -0.05) is 18.2 Å². The number of piperidine rings is 1. The quantitative estimate of drug-likeness (QED) is 0.406. The molecule has 5 aliphatic rings. The number of benzene rings is 2. The number of sulfone groups is 1. The highest BCUT2D eigenvalue weighted by Crippen LogP contribution is 2.50. The number of carbonyl (C=O) groups excluding carboxylic acids is 1. The van der Waals surface area contributed by atoms with Gasteiger partial charge in [0.05, 0.1) is 30.5 Å². The summed E-state index contributed by atoms with van der Waals surface area (Å²) in [4.78, 5) is 17.9. The van der Waals surface area contributed by atoms with E-state index < -0.39 is 21.3 Å². The lowest BCUT2D eigenvalue weighted by Gasteiger charge is -2.51. The van der Waals surface area contributed by atoms with Gasteiger partial charge in [0.2, 0.25) is 0 Å². The minimum atomic E-state index is -3.16. The summed E-state index contributed by atoms with van der Waals surface area (Å²) in [5, 5.41) is 6.60. The van der Waals surface area contributed by atoms with Crippen LogP contribution in [0.4, 0.5) is 14.9 Å². The molecule has 9 nitrogen and oxygen atoms in total. The lowest BCUT2D eigenvalue weighted by molar-refractivity contribution is 0.0747. The minimum Gasteiger partial charge on any atom is -0.453 e. The number of hydrogen-bond donors (Lipinski definition) is 2. The number of hydrogen-bond acceptors (Lipinski definition) is 8. The van der Waals surface area contributed by atoms with Crippen molar-refractivity contribution in [1.82, 2.24) is 15.5 Å². The smallest absolute Gasteiger partial charge is 0.407 e. The highest BCUT2D eigenvalue weighted by atomic mass is 32.2. The van der Waals surface area contributed by atoms with Crippen LogP contribution in [0.3, 0.4) is 0 Å². The van der Waals surface area contributed by atoms with Crippen LogP contribution in [0.2, 0.25) is 0 Å². The normalized spacial score (nSPS) is 28.0. The SMILES string of the molecule is COC(=O)N[C@H]1CC2=C[C@@H]1[C@](c1cccc(F)c1)(C1CCN(CC3CN(c4ccc(S(=O)(=O)C5CC5)cc4)C3)CC1)CNCCOC2. The summed E-state index contributed by atoms with van der Waals surface area (Å²) in [7, 11) is -1.77. The van der Waals surface area contributed by atoms with Gasteiger partial charge in [-0.3, -0.25) is 0 Å². The van der Waals surface area contributed by atoms with E-state index in [1.807, 2.05) is 18.2 Å². The number of rotatable bonds is 8. The molecular weight excluding hydrogens is 619 g/mol. The molecule has 47 heavy (non-hydrogen) atoms. The second kappa shape index (κ2) is 13.5. The number of anilines is 1. The number of ether oxygens (including phenoxy) is 2. The topological polar surface area (TPSA) is 100 Å². The highest BCUT2D eigenvalue weighted by Gasteiger charge is 2.52. The lowest BCUT2D eigenvalue weighted by Crippen LogP contribution is -2.58. The predicted octanol–water partition coefficient (Wildman–Crippen LogP) is 4.14. The molecule has 2 aromatic carbocycles. The number of nitrogens with zero attached hydrogens (tertiary/aromatic N) is 2. The zero-order chi connectivity index (χ0) is 32.6. The maximum atomic E-state index is 14.9. The number of alkyl carbamates (subject to hydrolysis) is 1. The fraction of sp³-hybridized carbons (Fsp3) is 0.583. The Morgan fingerprint density at radius 1 is 1.11 bits per heavy atom. The van der Waals surface area contributed by atoms with E-state index in [4.69, 9.17) is 9.47 Å². The van der Waals surface area contributed by atoms with Crippen molar-refractivity contribution in [1.29, 1.82) is 0 Å². The Kier molecular flexibility index (Phi) is 9.34. The Balaban J connectivity index is 1.04. The van der Waals surface area contributed by atoms with Crippen LogP contribution in [0.25, 0.3) is 0 Å². The van der Waals surface area contributed by atoms with Gasteiger partial charge in [0.1, 0.15) is 5.82 Å². The number of fused-ring (bicyclic) bond motifs is 1. The van der Waals surface area contributed by atoms with Crippen LogP contribution in [0.1, 0.15) is 37.7 Å². The van der Waals surface area contributed by atoms with Crippen molar-refractivity contribution in [2.24, 2.45) is 17.8 Å². The maximum Gasteiger partial charge on any atom is 0.407 e. The number of halogens is 1. The van der Waals surface area contributed by atoms with E-state index in [-0.39, 0.29) is 28.9 Å². The zero-order valence-corrected chi connectivity index (χ0v) is 28.0. The number of likely N-dealkylation sites (tertiary alicyclic amines) is 1. The first kappa shape index (κ1) is 32.6. The third-order valence-electron chi connectivity index (χ3n) is 11.2. The molecule has 2 N–H and O–H groups in total. The standard InChI is InChI=1S/C36H47FN4O5S/c1-45-35(42)39-34-18-25-17-33(34)36(24-38-13-16-46-23-25,28-3-2-4-29(37)19-28)27-11-14-40(15-12-27)20-26-21-41(22-26)30-5-7-31(8-6-30)47(43,44)32-9-10-32/h2-8,17,19,26-27,32-34,38H,9-16,18,20-24H2,1H3,(H,39,42)/t33-,34-,36-/m0/s1. The van der Waals surface area contributed by atoms with E-state index in [9.17, 15) is 17.6 Å². The van der Waals surface area contributed by atoms with Crippen molar-refractivity contribution in [3.05, 3.63) is 71.6 Å². The molecule has 2 saturated heterocycles. The van der Waals surface area contributed by atoms with E-state index in [0.29, 0.717) is 43.5 Å². The molecule has 0 spiro atoms. The van der Waals surface area contributed by atoms with Crippen LogP contribution < -0.4 is 15.5 Å². The van der Waals surface area contributed by atoms with Crippen molar-refractivity contribution in [3.8, 4) is 0 Å². The molecule has 0 unspecified atom stereocenters. The van der Waals surface area contributed by atoms with E-state index in [1.54, 1.807) is 18.2 Å². The average molecular weight is 667 g/mol. The summed E-state index contributed by atoms with van der Waals surface area (Å²) < 4.78 is 51.0. The van der Waals surface area contributed by atoms with Gasteiger partial charge in [-0.15, -0.1) is 0 Å². The molecule has 2 bridgehead atoms. The van der Waals surface area contributed by atoms with E-state index in [0.717, 1.165) is 69.7 Å². The molecule has 3 atom stereocenters. The van der Waals surface area contributed by atoms with Crippen molar-refractivity contribution in [2.75, 3.05) is 71.0 Å². The van der Waals surface area contributed by atoms with Crippen LogP contribution in [-0.4, -0.2) is 96.8 Å². The van der Waals surface area contributed by atoms with Gasteiger partial charge in [0.15, 0.2) is 9.84 Å². The fourth-order valence-electron chi connectivity index (χ4n) is 8.61. The van der Waals surface area contributed by atoms with Crippen LogP contribution >= 0.6 is 0 Å². The number of amides is 1. The summed E-state index contributed by atoms with van der Waals surface area (Å²) in [5.41, 5.74) is 2.81. The molecule has 254 valence electrons. The molecule has 0 radical (unpaired) electrons. The Labute approximate surface area is 277 Å². The summed E-state index contributed by atoms with van der Waals surface area (Å²) in [6.45, 7) is 7.38. The van der Waals surface area contributed by atoms with Crippen LogP contribution in [0, 0.1) is 23.6 Å². The van der Waals surface area contributed by atoms with Crippen LogP contribution in [-0.2, 0) is 24.7 Å². The Hall–Kier alpha value is -2.99. The number of carbonyl (C=O) groups is 1. The number of methoxy groups -OCH3 is 1. The van der Waals surface area contributed by atoms with Gasteiger partial charge in [-0.25, -0.2) is 17.6 Å². The molecule has 1 saturated carbocycles. The van der Waals surface area contributed by atoms with Gasteiger partial charge >= 0.3 is 6.09 Å². The summed E-state index contributed by atoms with van der Waals surface area (Å²) in [6.07, 6.45) is 6.04. The van der Waals surface area contributed by atoms with Gasteiger partial charge < -0.3 is 29.9 Å². The highest BCUT2D eigenvalue weighted by molar-refractivity contribution is 7.92. The molecular formula is C36H47FN4O5S. The zero-order valence-electron chi connectivity index (χ0n) is 27.2. The molecule has 2 aromatic rings. The van der Waals surface area contributed by atoms with Crippen LogP contribution in [0.15, 0.2) is 65.1 Å². The third kappa shape index (κ3) is 6.69. The van der Waals surface area contributed by atoms with Crippen molar-refractivity contribution < 1.29 is 27.1 Å². The molecule has 11 heteroatoms. The molecule has 1 amide bonds. The fourth-order valence-corrected chi connectivity index (χ4v) is 10.3. The molecule has 2 aliphatic carbocycles. The van der Waals surface area contributed by atoms with Crippen molar-refractivity contribution in [2.45, 2.75) is 53.7 Å². The Morgan fingerprint density at radius 2 is 1.87 bits per heavy atom. The van der Waals surface area contributed by atoms with E-state index in [2.05, 4.69) is 32.6 Å². The molecule has 3 aliphatic heterocycles. The monoisotopic (exact) mass is 666 g/mol. The largest absolute Gasteiger partial charge is 0.453 e. The van der Waals surface area contributed by atoms with Gasteiger partial charge in [0, 0.05) is 61.7 Å². The van der Waals surface area contributed by atoms with Crippen LogP contribution in [0.5, 0.6) is 0 Å². The lowest BCUT2D eigenvalue weighted by atomic mass is 9.58. The second-order valence-electron chi connectivity index (χ2n) is 14.2. The van der Waals surface area contributed by atoms with Gasteiger partial charge in [-0.2, -0.15) is 0 Å². The second-order valence-corrected chi connectivity index (χ2v) is 16.4. The first-order valence-corrected chi connectivity index (χ1v) is 18.7. The first-order valence-electron chi connectivity index (χ1n) is 17.2. The third-order valence-corrected chi connectivity index (χ3v) is 13.5. The maximum absolute atomic E-state index is 14.9. The molecule has 3 fully saturated rings. The van der Waals surface area contributed by atoms with Crippen molar-refractivity contribution in [3.63, 3.8) is 0 Å². The van der Waals surface area contributed by atoms with Crippen molar-refractivity contribution >= 4 is 21.6 Å². The van der Waals surface area contributed by atoms with E-state index in [1.165, 1.54) is 18.7 Å². The minimum absolute atomic E-state index is 0.0463. The predicted molar refractivity (Wildman–Crippen MR) is 179 cm³/mol. The first-order chi connectivity index (χ1) is 22.8. The summed E-state index contributed by atoms with van der Waals surface area (Å²) in [6, 6.07) is 14.4. The molecule has 7 rings (SSSR count). The molecule has 0 aromatic heterocycles. The molecule has 3 heterocycles.